The van der Waals surface area contributed by atoms with Gasteiger partial charge in [-0.15, -0.1) is 0 Å². The summed E-state index contributed by atoms with van der Waals surface area (Å²) < 4.78 is 4.81. The quantitative estimate of drug-likeness (QED) is 0.391. The normalized spacial score (nSPS) is 10.4. The van der Waals surface area contributed by atoms with Gasteiger partial charge in [0, 0.05) is 0 Å². The SMILES string of the molecule is [C-]#[N+]/C(C)=C/OCC. The Hall–Kier alpha value is -0.970. The molecule has 0 N–H and O–H groups in total. The van der Waals surface area contributed by atoms with Gasteiger partial charge in [-0.25, -0.2) is 4.85 Å². The van der Waals surface area contributed by atoms with Crippen LogP contribution in [-0.2, 0) is 4.74 Å². The van der Waals surface area contributed by atoms with Crippen molar-refractivity contribution in [1.82, 2.24) is 0 Å². The Bertz CT molecular complexity index is 121. The highest BCUT2D eigenvalue weighted by atomic mass is 16.5. The number of allylic oxidation sites excluding steroid dienone is 1. The first-order valence-corrected chi connectivity index (χ1v) is 2.47. The largest absolute Gasteiger partial charge is 0.513 e. The van der Waals surface area contributed by atoms with Crippen molar-refractivity contribution in [2.24, 2.45) is 0 Å². The lowest BCUT2D eigenvalue weighted by atomic mass is 10.6. The first kappa shape index (κ1) is 7.03. The zero-order chi connectivity index (χ0) is 6.41. The number of nitrogens with zero attached hydrogens (tertiary/aromatic N) is 1. The van der Waals surface area contributed by atoms with Gasteiger partial charge < -0.3 is 4.74 Å². The van der Waals surface area contributed by atoms with Gasteiger partial charge >= 0.3 is 0 Å². The summed E-state index contributed by atoms with van der Waals surface area (Å²) in [5.41, 5.74) is 0.590. The van der Waals surface area contributed by atoms with Crippen LogP contribution in [0.5, 0.6) is 0 Å². The molecule has 2 nitrogen and oxygen atoms in total. The van der Waals surface area contributed by atoms with Gasteiger partial charge in [-0.3, -0.25) is 0 Å². The van der Waals surface area contributed by atoms with Crippen molar-refractivity contribution in [3.63, 3.8) is 0 Å². The summed E-state index contributed by atoms with van der Waals surface area (Å²) in [7, 11) is 0. The number of hydrogen-bond acceptors (Lipinski definition) is 1. The highest BCUT2D eigenvalue weighted by molar-refractivity contribution is 5.01. The summed E-state index contributed by atoms with van der Waals surface area (Å²) in [6.45, 7) is 10.7. The second-order valence-electron chi connectivity index (χ2n) is 1.33. The number of rotatable bonds is 2. The molecule has 0 saturated heterocycles. The van der Waals surface area contributed by atoms with Crippen molar-refractivity contribution in [2.75, 3.05) is 6.61 Å². The van der Waals surface area contributed by atoms with Crippen LogP contribution < -0.4 is 0 Å². The molecule has 0 aromatic rings. The zero-order valence-corrected chi connectivity index (χ0v) is 5.14. The molecule has 0 aromatic carbocycles. The first-order chi connectivity index (χ1) is 3.81. The smallest absolute Gasteiger partial charge is 0.196 e. The fraction of sp³-hybridized carbons (Fsp3) is 0.500. The molecule has 0 aliphatic carbocycles. The molecule has 0 heterocycles. The second kappa shape index (κ2) is 4.20. The van der Waals surface area contributed by atoms with Gasteiger partial charge in [-0.05, 0) is 13.8 Å². The maximum atomic E-state index is 6.46. The highest BCUT2D eigenvalue weighted by Gasteiger charge is 1.79. The Labute approximate surface area is 49.6 Å². The zero-order valence-electron chi connectivity index (χ0n) is 5.14. The van der Waals surface area contributed by atoms with Crippen LogP contribution in [-0.4, -0.2) is 6.61 Å². The van der Waals surface area contributed by atoms with Crippen molar-refractivity contribution in [3.05, 3.63) is 23.4 Å². The monoisotopic (exact) mass is 111 g/mol. The fourth-order valence-electron chi connectivity index (χ4n) is 0.230. The van der Waals surface area contributed by atoms with E-state index < -0.39 is 0 Å². The van der Waals surface area contributed by atoms with E-state index in [-0.39, 0.29) is 0 Å². The Kier molecular flexibility index (Phi) is 3.69. The average Bonchev–Trinajstić information content (AvgIpc) is 1.83. The molecule has 0 aromatic heterocycles. The Balaban J connectivity index is 3.46. The summed E-state index contributed by atoms with van der Waals surface area (Å²) in [6, 6.07) is 0. The summed E-state index contributed by atoms with van der Waals surface area (Å²) in [6.07, 6.45) is 1.47. The number of hydrogen-bond donors (Lipinski definition) is 0. The third-order valence-electron chi connectivity index (χ3n) is 0.597. The van der Waals surface area contributed by atoms with Crippen LogP contribution in [0.1, 0.15) is 13.8 Å². The van der Waals surface area contributed by atoms with Crippen molar-refractivity contribution >= 4 is 0 Å². The minimum atomic E-state index is 0.590. The lowest BCUT2D eigenvalue weighted by Crippen LogP contribution is -1.77. The van der Waals surface area contributed by atoms with Crippen molar-refractivity contribution in [2.45, 2.75) is 13.8 Å². The van der Waals surface area contributed by atoms with Crippen LogP contribution in [0, 0.1) is 6.57 Å². The van der Waals surface area contributed by atoms with Crippen molar-refractivity contribution in [1.29, 1.82) is 0 Å². The Morgan fingerprint density at radius 2 is 2.50 bits per heavy atom. The van der Waals surface area contributed by atoms with Crippen LogP contribution in [0.4, 0.5) is 0 Å². The van der Waals surface area contributed by atoms with Crippen LogP contribution in [0.3, 0.4) is 0 Å². The molecule has 0 radical (unpaired) electrons. The number of ether oxygens (including phenoxy) is 1. The minimum absolute atomic E-state index is 0.590. The summed E-state index contributed by atoms with van der Waals surface area (Å²) in [5, 5.41) is 0. The van der Waals surface area contributed by atoms with Gasteiger partial charge in [0.05, 0.1) is 19.4 Å². The van der Waals surface area contributed by atoms with E-state index in [1.54, 1.807) is 6.92 Å². The van der Waals surface area contributed by atoms with Gasteiger partial charge in [-0.1, -0.05) is 0 Å². The predicted octanol–water partition coefficient (Wildman–Crippen LogP) is 1.80. The van der Waals surface area contributed by atoms with Crippen LogP contribution in [0.15, 0.2) is 12.0 Å². The molecule has 0 aliphatic rings. The molecule has 0 amide bonds. The maximum absolute atomic E-state index is 6.46. The molecule has 2 heteroatoms. The molecule has 0 fully saturated rings. The summed E-state index contributed by atoms with van der Waals surface area (Å²) in [5.74, 6) is 0. The van der Waals surface area contributed by atoms with Crippen molar-refractivity contribution < 1.29 is 4.74 Å². The van der Waals surface area contributed by atoms with Crippen LogP contribution >= 0.6 is 0 Å². The molecule has 0 bridgehead atoms. The van der Waals surface area contributed by atoms with E-state index in [0.29, 0.717) is 12.3 Å². The van der Waals surface area contributed by atoms with Crippen LogP contribution in [0.2, 0.25) is 0 Å². The van der Waals surface area contributed by atoms with Gasteiger partial charge in [0.15, 0.2) is 5.70 Å². The van der Waals surface area contributed by atoms with E-state index in [1.807, 2.05) is 6.92 Å². The van der Waals surface area contributed by atoms with E-state index in [2.05, 4.69) is 4.85 Å². The molecular formula is C6H9NO. The highest BCUT2D eigenvalue weighted by Crippen LogP contribution is 1.92. The fourth-order valence-corrected chi connectivity index (χ4v) is 0.230. The van der Waals surface area contributed by atoms with E-state index in [4.69, 9.17) is 11.3 Å². The maximum Gasteiger partial charge on any atom is 0.196 e. The average molecular weight is 111 g/mol. The Morgan fingerprint density at radius 3 is 2.88 bits per heavy atom. The van der Waals surface area contributed by atoms with E-state index in [9.17, 15) is 0 Å². The molecular weight excluding hydrogens is 102 g/mol. The van der Waals surface area contributed by atoms with E-state index in [1.165, 1.54) is 6.26 Å². The Morgan fingerprint density at radius 1 is 1.88 bits per heavy atom. The van der Waals surface area contributed by atoms with Gasteiger partial charge in [0.2, 0.25) is 0 Å². The second-order valence-corrected chi connectivity index (χ2v) is 1.33. The lowest BCUT2D eigenvalue weighted by molar-refractivity contribution is 0.267. The molecule has 0 saturated carbocycles. The van der Waals surface area contributed by atoms with Gasteiger partial charge in [0.1, 0.15) is 0 Å². The molecule has 0 spiro atoms. The molecule has 0 rings (SSSR count). The standard InChI is InChI=1S/C6H9NO/c1-4-8-5-6(2)7-3/h5H,4H2,1-2H3/b6-5+. The molecule has 44 valence electrons. The molecule has 0 atom stereocenters. The molecule has 0 aliphatic heterocycles. The minimum Gasteiger partial charge on any atom is -0.513 e. The summed E-state index contributed by atoms with van der Waals surface area (Å²) in [4.78, 5) is 3.11. The topological polar surface area (TPSA) is 13.6 Å². The van der Waals surface area contributed by atoms with Gasteiger partial charge in [0.25, 0.3) is 0 Å². The molecule has 0 unspecified atom stereocenters. The molecule has 8 heavy (non-hydrogen) atoms. The third-order valence-corrected chi connectivity index (χ3v) is 0.597. The summed E-state index contributed by atoms with van der Waals surface area (Å²) >= 11 is 0. The first-order valence-electron chi connectivity index (χ1n) is 2.47. The van der Waals surface area contributed by atoms with Gasteiger partial charge in [-0.2, -0.15) is 0 Å². The van der Waals surface area contributed by atoms with Crippen molar-refractivity contribution in [3.8, 4) is 0 Å². The van der Waals surface area contributed by atoms with E-state index in [0.717, 1.165) is 0 Å². The third kappa shape index (κ3) is 3.23. The lowest BCUT2D eigenvalue weighted by Gasteiger charge is -1.90. The predicted molar refractivity (Wildman–Crippen MR) is 32.0 cm³/mol. The van der Waals surface area contributed by atoms with Crippen LogP contribution in [0.25, 0.3) is 4.85 Å². The van der Waals surface area contributed by atoms with E-state index >= 15 is 0 Å².